The van der Waals surface area contributed by atoms with Crippen molar-refractivity contribution in [1.82, 2.24) is 10.2 Å². The molecule has 36 heavy (non-hydrogen) atoms. The summed E-state index contributed by atoms with van der Waals surface area (Å²) in [6.45, 7) is 9.52. The van der Waals surface area contributed by atoms with E-state index in [9.17, 15) is 14.4 Å². The maximum Gasteiger partial charge on any atom is 0.308 e. The van der Waals surface area contributed by atoms with Crippen LogP contribution in [0, 0.1) is 0 Å². The van der Waals surface area contributed by atoms with Gasteiger partial charge in [-0.1, -0.05) is 32.9 Å². The second kappa shape index (κ2) is 12.4. The number of nitrogens with zero attached hydrogens (tertiary/aromatic N) is 1. The monoisotopic (exact) mass is 558 g/mol. The quantitative estimate of drug-likeness (QED) is 0.271. The number of esters is 1. The molecule has 0 saturated carbocycles. The summed E-state index contributed by atoms with van der Waals surface area (Å²) in [5.74, 6) is 0.588. The van der Waals surface area contributed by atoms with Gasteiger partial charge in [0.15, 0.2) is 0 Å². The van der Waals surface area contributed by atoms with E-state index in [0.717, 1.165) is 10.2 Å². The Labute approximate surface area is 221 Å². The number of hydrogen-bond donors (Lipinski definition) is 1. The molecule has 2 aromatic rings. The van der Waals surface area contributed by atoms with Gasteiger partial charge in [-0.05, 0) is 76.5 Å². The molecule has 0 bridgehead atoms. The minimum absolute atomic E-state index is 0.00400. The Morgan fingerprint density at radius 3 is 2.44 bits per heavy atom. The molecular formula is C28H35BrN2O5. The van der Waals surface area contributed by atoms with Gasteiger partial charge in [-0.3, -0.25) is 14.4 Å². The summed E-state index contributed by atoms with van der Waals surface area (Å²) in [6, 6.07) is 12.7. The number of ether oxygens (including phenoxy) is 2. The number of carbonyl (C=O) groups is 3. The number of rotatable bonds is 8. The number of likely N-dealkylation sites (tertiary alicyclic amines) is 1. The van der Waals surface area contributed by atoms with Crippen molar-refractivity contribution in [1.29, 1.82) is 0 Å². The summed E-state index contributed by atoms with van der Waals surface area (Å²) in [4.78, 5) is 38.2. The third-order valence-electron chi connectivity index (χ3n) is 6.13. The Morgan fingerprint density at radius 1 is 1.08 bits per heavy atom. The molecule has 0 aliphatic carbocycles. The van der Waals surface area contributed by atoms with Gasteiger partial charge in [0.2, 0.25) is 5.91 Å². The van der Waals surface area contributed by atoms with Crippen LogP contribution >= 0.6 is 15.9 Å². The lowest BCUT2D eigenvalue weighted by Crippen LogP contribution is -2.46. The summed E-state index contributed by atoms with van der Waals surface area (Å²) >= 11 is 3.58. The van der Waals surface area contributed by atoms with Crippen LogP contribution < -0.4 is 14.8 Å². The first-order valence-corrected chi connectivity index (χ1v) is 13.1. The minimum Gasteiger partial charge on any atom is -0.492 e. The van der Waals surface area contributed by atoms with Crippen molar-refractivity contribution in [3.05, 3.63) is 58.1 Å². The van der Waals surface area contributed by atoms with Crippen molar-refractivity contribution in [2.75, 3.05) is 19.7 Å². The van der Waals surface area contributed by atoms with Crippen LogP contribution in [0.2, 0.25) is 0 Å². The molecule has 0 radical (unpaired) electrons. The number of benzene rings is 2. The van der Waals surface area contributed by atoms with Crippen LogP contribution in [0.25, 0.3) is 0 Å². The molecule has 0 unspecified atom stereocenters. The Hall–Kier alpha value is -2.87. The van der Waals surface area contributed by atoms with Crippen molar-refractivity contribution < 1.29 is 23.9 Å². The Kier molecular flexibility index (Phi) is 9.54. The minimum atomic E-state index is -0.432. The lowest BCUT2D eigenvalue weighted by Gasteiger charge is -2.32. The number of piperidine rings is 1. The smallest absolute Gasteiger partial charge is 0.308 e. The van der Waals surface area contributed by atoms with Crippen LogP contribution in [0.4, 0.5) is 0 Å². The second-order valence-corrected chi connectivity index (χ2v) is 11.0. The Morgan fingerprint density at radius 2 is 1.81 bits per heavy atom. The predicted octanol–water partition coefficient (Wildman–Crippen LogP) is 5.25. The summed E-state index contributed by atoms with van der Waals surface area (Å²) in [7, 11) is 0. The van der Waals surface area contributed by atoms with E-state index in [1.165, 1.54) is 12.5 Å². The van der Waals surface area contributed by atoms with Crippen molar-refractivity contribution in [2.45, 2.75) is 64.8 Å². The molecule has 1 saturated heterocycles. The molecule has 1 aliphatic rings. The van der Waals surface area contributed by atoms with Crippen LogP contribution in [-0.4, -0.2) is 48.4 Å². The summed E-state index contributed by atoms with van der Waals surface area (Å²) in [5, 5.41) is 3.02. The molecule has 1 N–H and O–H groups in total. The van der Waals surface area contributed by atoms with Crippen molar-refractivity contribution in [3.63, 3.8) is 0 Å². The third-order valence-corrected chi connectivity index (χ3v) is 6.75. The molecule has 0 aromatic heterocycles. The molecule has 8 heteroatoms. The number of nitrogens with one attached hydrogen (secondary N) is 1. The van der Waals surface area contributed by atoms with Gasteiger partial charge in [0.05, 0.1) is 11.1 Å². The van der Waals surface area contributed by atoms with Gasteiger partial charge >= 0.3 is 5.97 Å². The first-order valence-electron chi connectivity index (χ1n) is 12.3. The van der Waals surface area contributed by atoms with E-state index in [0.29, 0.717) is 56.7 Å². The molecule has 2 amide bonds. The highest BCUT2D eigenvalue weighted by atomic mass is 79.9. The largest absolute Gasteiger partial charge is 0.492 e. The lowest BCUT2D eigenvalue weighted by atomic mass is 9.87. The maximum absolute atomic E-state index is 12.6. The SMILES string of the molecule is CC(=O)Oc1cccc(C(=O)NC2CCN(C(=O)CCCOc3ccc(C(C)(C)C)cc3Br)CC2)c1. The molecule has 3 rings (SSSR count). The van der Waals surface area contributed by atoms with E-state index in [1.807, 2.05) is 11.0 Å². The van der Waals surface area contributed by atoms with Gasteiger partial charge in [-0.15, -0.1) is 0 Å². The van der Waals surface area contributed by atoms with Crippen LogP contribution in [0.1, 0.15) is 69.3 Å². The van der Waals surface area contributed by atoms with E-state index in [4.69, 9.17) is 9.47 Å². The van der Waals surface area contributed by atoms with E-state index >= 15 is 0 Å². The maximum atomic E-state index is 12.6. The van der Waals surface area contributed by atoms with E-state index in [1.54, 1.807) is 24.3 Å². The van der Waals surface area contributed by atoms with Crippen LogP contribution in [-0.2, 0) is 15.0 Å². The zero-order valence-electron chi connectivity index (χ0n) is 21.4. The zero-order chi connectivity index (χ0) is 26.3. The molecule has 0 spiro atoms. The molecule has 1 heterocycles. The van der Waals surface area contributed by atoms with Crippen molar-refractivity contribution in [2.24, 2.45) is 0 Å². The first-order chi connectivity index (χ1) is 17.0. The van der Waals surface area contributed by atoms with Gasteiger partial charge < -0.3 is 19.7 Å². The average molecular weight is 560 g/mol. The molecule has 0 atom stereocenters. The highest BCUT2D eigenvalue weighted by Crippen LogP contribution is 2.31. The van der Waals surface area contributed by atoms with Crippen molar-refractivity contribution >= 4 is 33.7 Å². The van der Waals surface area contributed by atoms with Crippen molar-refractivity contribution in [3.8, 4) is 11.5 Å². The summed E-state index contributed by atoms with van der Waals surface area (Å²) in [5.41, 5.74) is 1.74. The fraction of sp³-hybridized carbons (Fsp3) is 0.464. The number of hydrogen-bond acceptors (Lipinski definition) is 5. The Balaban J connectivity index is 1.38. The fourth-order valence-electron chi connectivity index (χ4n) is 4.06. The van der Waals surface area contributed by atoms with Gasteiger partial charge in [0, 0.05) is 38.0 Å². The highest BCUT2D eigenvalue weighted by molar-refractivity contribution is 9.10. The van der Waals surface area contributed by atoms with Gasteiger partial charge in [-0.2, -0.15) is 0 Å². The molecule has 7 nitrogen and oxygen atoms in total. The molecule has 1 fully saturated rings. The second-order valence-electron chi connectivity index (χ2n) is 10.1. The normalized spacial score (nSPS) is 14.3. The zero-order valence-corrected chi connectivity index (χ0v) is 23.0. The highest BCUT2D eigenvalue weighted by Gasteiger charge is 2.24. The molecule has 194 valence electrons. The summed E-state index contributed by atoms with van der Waals surface area (Å²) < 4.78 is 11.9. The van der Waals surface area contributed by atoms with Crippen LogP contribution in [0.5, 0.6) is 11.5 Å². The number of amides is 2. The van der Waals surface area contributed by atoms with Gasteiger partial charge in [-0.25, -0.2) is 0 Å². The summed E-state index contributed by atoms with van der Waals surface area (Å²) in [6.07, 6.45) is 2.47. The molecule has 2 aromatic carbocycles. The van der Waals surface area contributed by atoms with E-state index in [-0.39, 0.29) is 23.3 Å². The average Bonchev–Trinajstić information content (AvgIpc) is 2.82. The lowest BCUT2D eigenvalue weighted by molar-refractivity contribution is -0.133. The molecule has 1 aliphatic heterocycles. The molecular weight excluding hydrogens is 524 g/mol. The predicted molar refractivity (Wildman–Crippen MR) is 142 cm³/mol. The Bertz CT molecular complexity index is 1090. The van der Waals surface area contributed by atoms with Gasteiger partial charge in [0.1, 0.15) is 11.5 Å². The third kappa shape index (κ3) is 8.08. The fourth-order valence-corrected chi connectivity index (χ4v) is 4.55. The standard InChI is InChI=1S/C28H35BrN2O5/c1-19(32)36-23-8-5-7-20(17-23)27(34)30-22-12-14-31(15-13-22)26(33)9-6-16-35-25-11-10-21(18-24(25)29)28(2,3)4/h5,7-8,10-11,17-18,22H,6,9,12-16H2,1-4H3,(H,30,34). The van der Waals surface area contributed by atoms with Gasteiger partial charge in [0.25, 0.3) is 5.91 Å². The van der Waals surface area contributed by atoms with Crippen LogP contribution in [0.15, 0.2) is 46.9 Å². The topological polar surface area (TPSA) is 84.9 Å². The number of carbonyl (C=O) groups excluding carboxylic acids is 3. The van der Waals surface area contributed by atoms with E-state index in [2.05, 4.69) is 54.2 Å². The van der Waals surface area contributed by atoms with Crippen LogP contribution in [0.3, 0.4) is 0 Å². The van der Waals surface area contributed by atoms with E-state index < -0.39 is 5.97 Å². The number of halogens is 1. The first kappa shape index (κ1) is 27.7.